The van der Waals surface area contributed by atoms with Crippen molar-refractivity contribution in [2.45, 2.75) is 111 Å². The fourth-order valence-corrected chi connectivity index (χ4v) is 9.97. The zero-order chi connectivity index (χ0) is 29.1. The lowest BCUT2D eigenvalue weighted by molar-refractivity contribution is 0.0429. The van der Waals surface area contributed by atoms with E-state index < -0.39 is 31.7 Å². The minimum Gasteiger partial charge on any atom is -0.543 e. The van der Waals surface area contributed by atoms with Crippen molar-refractivity contribution in [2.75, 3.05) is 4.90 Å². The van der Waals surface area contributed by atoms with Crippen LogP contribution in [0.25, 0.3) is 11.3 Å². The Bertz CT molecular complexity index is 1040. The second kappa shape index (κ2) is 11.8. The summed E-state index contributed by atoms with van der Waals surface area (Å²) < 4.78 is 17.6. The first kappa shape index (κ1) is 31.3. The average molecular weight is 544 g/mol. The van der Waals surface area contributed by atoms with Gasteiger partial charge in [-0.3, -0.25) is 4.98 Å². The van der Waals surface area contributed by atoms with Gasteiger partial charge in [-0.15, -0.1) is 0 Å². The molecule has 2 rings (SSSR count). The summed E-state index contributed by atoms with van der Waals surface area (Å²) in [6.07, 6.45) is 1.11. The molecule has 9 heteroatoms. The van der Waals surface area contributed by atoms with E-state index in [1.807, 2.05) is 24.3 Å². The lowest BCUT2D eigenvalue weighted by Crippen LogP contribution is -2.50. The number of anilines is 1. The smallest absolute Gasteiger partial charge is 0.425 e. The number of carbonyl (C=O) groups excluding carboxylic acids is 2. The Morgan fingerprint density at radius 2 is 1.18 bits per heavy atom. The molecule has 0 unspecified atom stereocenters. The number of imide groups is 1. The van der Waals surface area contributed by atoms with Gasteiger partial charge in [0.1, 0.15) is 17.0 Å². The molecule has 0 aliphatic carbocycles. The maximum atomic E-state index is 12.9. The fourth-order valence-electron chi connectivity index (χ4n) is 4.71. The van der Waals surface area contributed by atoms with Crippen molar-refractivity contribution in [1.29, 1.82) is 0 Å². The van der Waals surface area contributed by atoms with E-state index in [0.717, 1.165) is 16.2 Å². The molecule has 0 bridgehead atoms. The lowest BCUT2D eigenvalue weighted by atomic mass is 10.1. The average Bonchev–Trinajstić information content (AvgIpc) is 2.75. The zero-order valence-electron chi connectivity index (χ0n) is 25.1. The van der Waals surface area contributed by atoms with Crippen LogP contribution in [0.5, 0.6) is 5.75 Å². The summed E-state index contributed by atoms with van der Waals surface area (Å²) in [4.78, 5) is 35.3. The molecule has 0 saturated heterocycles. The van der Waals surface area contributed by atoms with Crippen LogP contribution in [0, 0.1) is 0 Å². The summed E-state index contributed by atoms with van der Waals surface area (Å²) in [5, 5.41) is 0. The van der Waals surface area contributed by atoms with Crippen LogP contribution in [0.1, 0.15) is 83.1 Å². The topological polar surface area (TPSA) is 90.8 Å². The molecule has 38 heavy (non-hydrogen) atoms. The van der Waals surface area contributed by atoms with Crippen molar-refractivity contribution >= 4 is 26.3 Å². The number of amides is 2. The Kier molecular flexibility index (Phi) is 9.75. The van der Waals surface area contributed by atoms with E-state index in [0.29, 0.717) is 22.3 Å². The first-order chi connectivity index (χ1) is 17.4. The Morgan fingerprint density at radius 3 is 1.53 bits per heavy atom. The van der Waals surface area contributed by atoms with Crippen molar-refractivity contribution in [2.24, 2.45) is 0 Å². The van der Waals surface area contributed by atoms with Crippen molar-refractivity contribution < 1.29 is 23.5 Å². The molecular formula is C29H45N3O5Si. The number of aromatic nitrogens is 2. The standard InChI is InChI=1S/C29H45N3O5Si/c1-19(2)38(20(3)4,21(5)6)37-23-15-13-22(14-16-23)24-17-31-25(18-30-24)32(26(33)35-28(7,8)9)27(34)36-29(10,11)12/h13-21H,1-12H3. The minimum absolute atomic E-state index is 0.0128. The predicted octanol–water partition coefficient (Wildman–Crippen LogP) is 8.37. The SMILES string of the molecule is CC(C)[Si](Oc1ccc(-c2cnc(N(C(=O)OC(C)(C)C)C(=O)OC(C)(C)C)cn2)cc1)(C(C)C)C(C)C. The monoisotopic (exact) mass is 543 g/mol. The second-order valence-electron chi connectivity index (χ2n) is 12.5. The van der Waals surface area contributed by atoms with Gasteiger partial charge in [0.25, 0.3) is 8.32 Å². The summed E-state index contributed by atoms with van der Waals surface area (Å²) >= 11 is 0. The fraction of sp³-hybridized carbons (Fsp3) is 0.586. The summed E-state index contributed by atoms with van der Waals surface area (Å²) in [6.45, 7) is 23.9. The van der Waals surface area contributed by atoms with Crippen molar-refractivity contribution in [3.05, 3.63) is 36.7 Å². The molecular weight excluding hydrogens is 498 g/mol. The van der Waals surface area contributed by atoms with Gasteiger partial charge in [-0.25, -0.2) is 14.6 Å². The summed E-state index contributed by atoms with van der Waals surface area (Å²) in [6, 6.07) is 7.82. The van der Waals surface area contributed by atoms with E-state index in [-0.39, 0.29) is 5.82 Å². The molecule has 0 N–H and O–H groups in total. The van der Waals surface area contributed by atoms with Gasteiger partial charge < -0.3 is 13.9 Å². The Hall–Kier alpha value is -2.94. The number of rotatable bonds is 7. The molecule has 0 spiro atoms. The molecule has 0 aliphatic rings. The van der Waals surface area contributed by atoms with E-state index in [1.54, 1.807) is 41.5 Å². The highest BCUT2D eigenvalue weighted by molar-refractivity contribution is 6.78. The number of hydrogen-bond acceptors (Lipinski definition) is 7. The van der Waals surface area contributed by atoms with Gasteiger partial charge >= 0.3 is 12.2 Å². The molecule has 0 aliphatic heterocycles. The third-order valence-electron chi connectivity index (χ3n) is 6.17. The quantitative estimate of drug-likeness (QED) is 0.324. The molecule has 1 aromatic heterocycles. The number of benzene rings is 1. The largest absolute Gasteiger partial charge is 0.543 e. The van der Waals surface area contributed by atoms with E-state index in [9.17, 15) is 9.59 Å². The lowest BCUT2D eigenvalue weighted by Gasteiger charge is -2.42. The van der Waals surface area contributed by atoms with Crippen molar-refractivity contribution in [3.63, 3.8) is 0 Å². The maximum Gasteiger partial charge on any atom is 0.425 e. The Morgan fingerprint density at radius 1 is 0.737 bits per heavy atom. The summed E-state index contributed by atoms with van der Waals surface area (Å²) in [5.74, 6) is 0.862. The Balaban J connectivity index is 2.34. The number of ether oxygens (including phenoxy) is 2. The maximum absolute atomic E-state index is 12.9. The number of nitrogens with zero attached hydrogens (tertiary/aromatic N) is 3. The molecule has 1 aromatic carbocycles. The molecule has 8 nitrogen and oxygen atoms in total. The molecule has 210 valence electrons. The molecule has 0 atom stereocenters. The van der Waals surface area contributed by atoms with Gasteiger partial charge in [0.05, 0.1) is 18.1 Å². The molecule has 0 saturated carbocycles. The minimum atomic E-state index is -2.06. The highest BCUT2D eigenvalue weighted by Gasteiger charge is 2.47. The van der Waals surface area contributed by atoms with Gasteiger partial charge in [0.2, 0.25) is 0 Å². The first-order valence-electron chi connectivity index (χ1n) is 13.2. The molecule has 0 radical (unpaired) electrons. The highest BCUT2D eigenvalue weighted by atomic mass is 28.4. The van der Waals surface area contributed by atoms with Gasteiger partial charge in [-0.2, -0.15) is 4.90 Å². The third-order valence-corrected chi connectivity index (χ3v) is 12.2. The second-order valence-corrected chi connectivity index (χ2v) is 17.9. The van der Waals surface area contributed by atoms with Crippen LogP contribution in [0.4, 0.5) is 15.4 Å². The summed E-state index contributed by atoms with van der Waals surface area (Å²) in [5.41, 5.74) is 1.22. The van der Waals surface area contributed by atoms with Crippen LogP contribution in [0.3, 0.4) is 0 Å². The van der Waals surface area contributed by atoms with Crippen LogP contribution in [-0.4, -0.2) is 41.7 Å². The van der Waals surface area contributed by atoms with Gasteiger partial charge in [0, 0.05) is 5.56 Å². The molecule has 0 fully saturated rings. The molecule has 2 amide bonds. The third kappa shape index (κ3) is 7.79. The van der Waals surface area contributed by atoms with Gasteiger partial charge in [-0.1, -0.05) is 41.5 Å². The van der Waals surface area contributed by atoms with Crippen LogP contribution < -0.4 is 9.33 Å². The van der Waals surface area contributed by atoms with E-state index in [4.69, 9.17) is 13.9 Å². The Labute approximate surface area is 229 Å². The number of carbonyl (C=O) groups is 2. The normalized spacial score (nSPS) is 12.6. The molecule has 2 aromatic rings. The summed E-state index contributed by atoms with van der Waals surface area (Å²) in [7, 11) is -2.06. The van der Waals surface area contributed by atoms with Crippen LogP contribution in [0.2, 0.25) is 16.6 Å². The zero-order valence-corrected chi connectivity index (χ0v) is 26.1. The van der Waals surface area contributed by atoms with E-state index in [2.05, 4.69) is 51.5 Å². The van der Waals surface area contributed by atoms with E-state index >= 15 is 0 Å². The van der Waals surface area contributed by atoms with Crippen LogP contribution in [0.15, 0.2) is 36.7 Å². The van der Waals surface area contributed by atoms with Crippen molar-refractivity contribution in [3.8, 4) is 17.0 Å². The van der Waals surface area contributed by atoms with E-state index in [1.165, 1.54) is 12.4 Å². The van der Waals surface area contributed by atoms with Gasteiger partial charge in [-0.05, 0) is 82.4 Å². The van der Waals surface area contributed by atoms with Crippen LogP contribution in [-0.2, 0) is 9.47 Å². The highest BCUT2D eigenvalue weighted by Crippen LogP contribution is 2.42. The number of hydrogen-bond donors (Lipinski definition) is 0. The van der Waals surface area contributed by atoms with Crippen molar-refractivity contribution in [1.82, 2.24) is 9.97 Å². The van der Waals surface area contributed by atoms with Gasteiger partial charge in [0.15, 0.2) is 5.82 Å². The van der Waals surface area contributed by atoms with Crippen LogP contribution >= 0.6 is 0 Å². The predicted molar refractivity (Wildman–Crippen MR) is 154 cm³/mol. The molecule has 1 heterocycles. The first-order valence-corrected chi connectivity index (χ1v) is 15.4.